The lowest BCUT2D eigenvalue weighted by Crippen LogP contribution is -2.51. The minimum absolute atomic E-state index is 0.109. The molecule has 1 aliphatic rings. The van der Waals surface area contributed by atoms with E-state index >= 15 is 0 Å². The summed E-state index contributed by atoms with van der Waals surface area (Å²) in [6.45, 7) is 6.20. The molecule has 0 radical (unpaired) electrons. The predicted molar refractivity (Wildman–Crippen MR) is 94.3 cm³/mol. The van der Waals surface area contributed by atoms with Crippen LogP contribution < -0.4 is 0 Å². The fraction of sp³-hybridized carbons (Fsp3) is 0.529. The number of rotatable bonds is 4. The molecule has 1 aromatic carbocycles. The van der Waals surface area contributed by atoms with Crippen molar-refractivity contribution in [2.45, 2.75) is 37.7 Å². The van der Waals surface area contributed by atoms with Crippen molar-refractivity contribution in [3.8, 4) is 0 Å². The Bertz CT molecular complexity index is 759. The van der Waals surface area contributed by atoms with E-state index in [1.807, 2.05) is 0 Å². The zero-order valence-electron chi connectivity index (χ0n) is 15.1. The smallest absolute Gasteiger partial charge is 0.410 e. The van der Waals surface area contributed by atoms with Gasteiger partial charge in [0, 0.05) is 26.2 Å². The number of carbonyl (C=O) groups is 2. The molecule has 1 saturated heterocycles. The molecule has 1 heterocycles. The molecule has 0 spiro atoms. The number of piperazine rings is 1. The van der Waals surface area contributed by atoms with Crippen LogP contribution in [0, 0.1) is 0 Å². The molecular weight excluding hydrogens is 360 g/mol. The van der Waals surface area contributed by atoms with Crippen LogP contribution in [0.5, 0.6) is 0 Å². The second kappa shape index (κ2) is 7.63. The van der Waals surface area contributed by atoms with Gasteiger partial charge in [-0.25, -0.2) is 13.2 Å². The van der Waals surface area contributed by atoms with E-state index in [-0.39, 0.29) is 37.5 Å². The van der Waals surface area contributed by atoms with Crippen LogP contribution in [0.25, 0.3) is 0 Å². The summed E-state index contributed by atoms with van der Waals surface area (Å²) in [4.78, 5) is 24.4. The Kier molecular flexibility index (Phi) is 5.92. The number of hydrogen-bond donors (Lipinski definition) is 1. The van der Waals surface area contributed by atoms with Gasteiger partial charge in [0.1, 0.15) is 5.60 Å². The van der Waals surface area contributed by atoms with Crippen LogP contribution in [0.3, 0.4) is 0 Å². The number of carbonyl (C=O) groups excluding carboxylic acids is 1. The number of nitrogens with zero attached hydrogens (tertiary/aromatic N) is 2. The molecule has 0 atom stereocenters. The van der Waals surface area contributed by atoms with Crippen LogP contribution >= 0.6 is 0 Å². The third-order valence-electron chi connectivity index (χ3n) is 3.81. The van der Waals surface area contributed by atoms with Crippen molar-refractivity contribution in [3.05, 3.63) is 29.8 Å². The summed E-state index contributed by atoms with van der Waals surface area (Å²) in [5.74, 6) is -0.973. The van der Waals surface area contributed by atoms with Crippen LogP contribution in [-0.4, -0.2) is 66.6 Å². The van der Waals surface area contributed by atoms with Crippen molar-refractivity contribution < 1.29 is 27.9 Å². The molecule has 1 aromatic rings. The van der Waals surface area contributed by atoms with Crippen LogP contribution in [-0.2, 0) is 26.0 Å². The molecular formula is C17H24N2O6S. The van der Waals surface area contributed by atoms with Crippen LogP contribution in [0.2, 0.25) is 0 Å². The molecule has 1 aliphatic heterocycles. The molecule has 0 aliphatic carbocycles. The van der Waals surface area contributed by atoms with E-state index in [0.29, 0.717) is 5.56 Å². The molecule has 1 fully saturated rings. The van der Waals surface area contributed by atoms with Crippen molar-refractivity contribution in [1.29, 1.82) is 0 Å². The van der Waals surface area contributed by atoms with Gasteiger partial charge in [-0.05, 0) is 38.5 Å². The van der Waals surface area contributed by atoms with E-state index in [9.17, 15) is 18.0 Å². The number of amides is 1. The van der Waals surface area contributed by atoms with Crippen LogP contribution in [0.4, 0.5) is 4.79 Å². The highest BCUT2D eigenvalue weighted by atomic mass is 32.2. The van der Waals surface area contributed by atoms with Gasteiger partial charge in [-0.15, -0.1) is 0 Å². The number of carboxylic acids is 1. The van der Waals surface area contributed by atoms with Crippen molar-refractivity contribution >= 4 is 22.1 Å². The van der Waals surface area contributed by atoms with Gasteiger partial charge < -0.3 is 14.7 Å². The monoisotopic (exact) mass is 384 g/mol. The lowest BCUT2D eigenvalue weighted by molar-refractivity contribution is -0.136. The molecule has 0 bridgehead atoms. The van der Waals surface area contributed by atoms with E-state index in [2.05, 4.69) is 0 Å². The second-order valence-electron chi connectivity index (χ2n) is 7.09. The molecule has 0 aromatic heterocycles. The highest BCUT2D eigenvalue weighted by molar-refractivity contribution is 7.89. The summed E-state index contributed by atoms with van der Waals surface area (Å²) >= 11 is 0. The maximum absolute atomic E-state index is 12.7. The first-order valence-corrected chi connectivity index (χ1v) is 9.72. The zero-order chi connectivity index (χ0) is 19.5. The van der Waals surface area contributed by atoms with Gasteiger partial charge in [-0.1, -0.05) is 12.1 Å². The standard InChI is InChI=1S/C17H24N2O6S/c1-17(2,3)25-16(22)18-8-10-19(11-9-18)26(23,24)14-6-4-13(5-7-14)12-15(20)21/h4-7H,8-12H2,1-3H3,(H,20,21). The lowest BCUT2D eigenvalue weighted by Gasteiger charge is -2.35. The summed E-state index contributed by atoms with van der Waals surface area (Å²) < 4.78 is 32.0. The number of ether oxygens (including phenoxy) is 1. The van der Waals surface area contributed by atoms with Gasteiger partial charge in [0.05, 0.1) is 11.3 Å². The summed E-state index contributed by atoms with van der Waals surface area (Å²) in [7, 11) is -3.68. The molecule has 144 valence electrons. The van der Waals surface area contributed by atoms with E-state index < -0.39 is 27.7 Å². The Labute approximate surface area is 153 Å². The minimum atomic E-state index is -3.68. The first-order chi connectivity index (χ1) is 12.0. The number of sulfonamides is 1. The van der Waals surface area contributed by atoms with Crippen LogP contribution in [0.15, 0.2) is 29.2 Å². The third kappa shape index (κ3) is 5.18. The van der Waals surface area contributed by atoms with Crippen LogP contribution in [0.1, 0.15) is 26.3 Å². The van der Waals surface area contributed by atoms with Crippen molar-refractivity contribution in [2.75, 3.05) is 26.2 Å². The Hall–Kier alpha value is -2.13. The highest BCUT2D eigenvalue weighted by Crippen LogP contribution is 2.19. The third-order valence-corrected chi connectivity index (χ3v) is 5.72. The van der Waals surface area contributed by atoms with Gasteiger partial charge in [-0.3, -0.25) is 4.79 Å². The average Bonchev–Trinajstić information content (AvgIpc) is 2.53. The molecule has 26 heavy (non-hydrogen) atoms. The molecule has 1 amide bonds. The largest absolute Gasteiger partial charge is 0.481 e. The first-order valence-electron chi connectivity index (χ1n) is 8.28. The van der Waals surface area contributed by atoms with Gasteiger partial charge in [0.15, 0.2) is 0 Å². The highest BCUT2D eigenvalue weighted by Gasteiger charge is 2.31. The zero-order valence-corrected chi connectivity index (χ0v) is 16.0. The fourth-order valence-corrected chi connectivity index (χ4v) is 3.96. The molecule has 2 rings (SSSR count). The molecule has 9 heteroatoms. The Morgan fingerprint density at radius 3 is 2.08 bits per heavy atom. The van der Waals surface area contributed by atoms with Gasteiger partial charge in [0.2, 0.25) is 10.0 Å². The van der Waals surface area contributed by atoms with Crippen molar-refractivity contribution in [3.63, 3.8) is 0 Å². The molecule has 1 N–H and O–H groups in total. The van der Waals surface area contributed by atoms with Gasteiger partial charge in [-0.2, -0.15) is 4.31 Å². The number of carboxylic acid groups (broad SMARTS) is 1. The predicted octanol–water partition coefficient (Wildman–Crippen LogP) is 1.56. The second-order valence-corrected chi connectivity index (χ2v) is 9.02. The number of aliphatic carboxylic acids is 1. The number of hydrogen-bond acceptors (Lipinski definition) is 5. The Morgan fingerprint density at radius 2 is 1.62 bits per heavy atom. The topological polar surface area (TPSA) is 104 Å². The van der Waals surface area contributed by atoms with Crippen molar-refractivity contribution in [1.82, 2.24) is 9.21 Å². The van der Waals surface area contributed by atoms with E-state index in [1.54, 1.807) is 20.8 Å². The van der Waals surface area contributed by atoms with E-state index in [0.717, 1.165) is 0 Å². The molecule has 0 saturated carbocycles. The fourth-order valence-electron chi connectivity index (χ4n) is 2.54. The van der Waals surface area contributed by atoms with Gasteiger partial charge in [0.25, 0.3) is 0 Å². The van der Waals surface area contributed by atoms with E-state index in [4.69, 9.17) is 9.84 Å². The van der Waals surface area contributed by atoms with Gasteiger partial charge >= 0.3 is 12.1 Å². The summed E-state index contributed by atoms with van der Waals surface area (Å²) in [6, 6.07) is 5.82. The maximum Gasteiger partial charge on any atom is 0.410 e. The van der Waals surface area contributed by atoms with Crippen molar-refractivity contribution in [2.24, 2.45) is 0 Å². The maximum atomic E-state index is 12.7. The Morgan fingerprint density at radius 1 is 1.08 bits per heavy atom. The summed E-state index contributed by atoms with van der Waals surface area (Å²) in [5, 5.41) is 8.77. The first kappa shape index (κ1) is 20.2. The molecule has 0 unspecified atom stereocenters. The molecule has 8 nitrogen and oxygen atoms in total. The minimum Gasteiger partial charge on any atom is -0.481 e. The summed E-state index contributed by atoms with van der Waals surface area (Å²) in [6.07, 6.45) is -0.609. The SMILES string of the molecule is CC(C)(C)OC(=O)N1CCN(S(=O)(=O)c2ccc(CC(=O)O)cc2)CC1. The van der Waals surface area contributed by atoms with E-state index in [1.165, 1.54) is 33.5 Å². The Balaban J connectivity index is 2.01. The normalized spacial score (nSPS) is 16.3. The summed E-state index contributed by atoms with van der Waals surface area (Å²) in [5.41, 5.74) is -0.0657. The average molecular weight is 384 g/mol. The quantitative estimate of drug-likeness (QED) is 0.845. The lowest BCUT2D eigenvalue weighted by atomic mass is 10.2. The number of benzene rings is 1.